The van der Waals surface area contributed by atoms with Gasteiger partial charge in [0.2, 0.25) is 11.8 Å². The van der Waals surface area contributed by atoms with Gasteiger partial charge in [-0.15, -0.1) is 0 Å². The van der Waals surface area contributed by atoms with E-state index in [2.05, 4.69) is 5.32 Å². The predicted octanol–water partition coefficient (Wildman–Crippen LogP) is 4.95. The number of rotatable bonds is 11. The first-order valence-corrected chi connectivity index (χ1v) is 12.9. The minimum atomic E-state index is -0.518. The lowest BCUT2D eigenvalue weighted by atomic mass is 10.1. The minimum absolute atomic E-state index is 0.00291. The number of hydrogen-bond acceptors (Lipinski definition) is 3. The Balaban J connectivity index is 1.45. The number of hydrogen-bond donors (Lipinski definition) is 1. The van der Waals surface area contributed by atoms with Gasteiger partial charge >= 0.3 is 0 Å². The van der Waals surface area contributed by atoms with Gasteiger partial charge in [0.05, 0.1) is 5.69 Å². The Bertz CT molecular complexity index is 1230. The fraction of sp³-hybridized carbons (Fsp3) is 0.367. The molecule has 6 heteroatoms. The molecule has 0 bridgehead atoms. The molecule has 0 aliphatic carbocycles. The molecule has 3 amide bonds. The molecule has 3 aromatic rings. The number of carbonyl (C=O) groups excluding carboxylic acids is 3. The normalized spacial score (nSPS) is 13.3. The topological polar surface area (TPSA) is 69.7 Å². The van der Waals surface area contributed by atoms with E-state index in [1.165, 1.54) is 0 Å². The lowest BCUT2D eigenvalue weighted by Gasteiger charge is -2.31. The summed E-state index contributed by atoms with van der Waals surface area (Å²) >= 11 is 0. The first-order valence-electron chi connectivity index (χ1n) is 12.9. The largest absolute Gasteiger partial charge is 0.352 e. The van der Waals surface area contributed by atoms with E-state index in [4.69, 9.17) is 0 Å². The van der Waals surface area contributed by atoms with Crippen molar-refractivity contribution in [2.45, 2.75) is 58.5 Å². The van der Waals surface area contributed by atoms with Crippen molar-refractivity contribution in [1.29, 1.82) is 0 Å². The van der Waals surface area contributed by atoms with E-state index >= 15 is 0 Å². The van der Waals surface area contributed by atoms with Gasteiger partial charge in [0, 0.05) is 36.5 Å². The van der Waals surface area contributed by atoms with Crippen LogP contribution >= 0.6 is 0 Å². The first-order chi connectivity index (χ1) is 17.4. The number of benzene rings is 3. The van der Waals surface area contributed by atoms with E-state index in [0.717, 1.165) is 27.6 Å². The number of anilines is 1. The quantitative estimate of drug-likeness (QED) is 0.418. The van der Waals surface area contributed by atoms with E-state index in [1.807, 2.05) is 87.5 Å². The number of amides is 3. The molecule has 0 fully saturated rings. The van der Waals surface area contributed by atoms with Crippen molar-refractivity contribution in [2.24, 2.45) is 0 Å². The lowest BCUT2D eigenvalue weighted by Crippen LogP contribution is -2.51. The van der Waals surface area contributed by atoms with Crippen LogP contribution in [0.3, 0.4) is 0 Å². The maximum Gasteiger partial charge on any atom is 0.258 e. The molecule has 4 rings (SSSR count). The standard InChI is InChI=1S/C30H35N3O3/c1-4-25(29(35)31-21(2)3)32(20-18-22-11-6-5-7-12-22)27(34)17-10-19-33-26-16-9-14-23-13-8-15-24(28(23)26)30(33)36/h5-9,11-16,21,25H,4,10,17-20H2,1-3H3,(H,31,35)/t25-/m0/s1. The van der Waals surface area contributed by atoms with E-state index in [0.29, 0.717) is 32.4 Å². The molecule has 1 N–H and O–H groups in total. The second-order valence-electron chi connectivity index (χ2n) is 9.65. The molecule has 188 valence electrons. The van der Waals surface area contributed by atoms with Gasteiger partial charge in [0.15, 0.2) is 0 Å². The molecule has 1 aliphatic heterocycles. The molecule has 36 heavy (non-hydrogen) atoms. The minimum Gasteiger partial charge on any atom is -0.352 e. The maximum absolute atomic E-state index is 13.5. The zero-order valence-corrected chi connectivity index (χ0v) is 21.4. The Morgan fingerprint density at radius 3 is 2.39 bits per heavy atom. The summed E-state index contributed by atoms with van der Waals surface area (Å²) in [6.45, 7) is 6.72. The molecular formula is C30H35N3O3. The molecule has 0 saturated carbocycles. The highest BCUT2D eigenvalue weighted by Gasteiger charge is 2.31. The molecule has 0 radical (unpaired) electrons. The van der Waals surface area contributed by atoms with Crippen LogP contribution in [-0.2, 0) is 16.0 Å². The highest BCUT2D eigenvalue weighted by Crippen LogP contribution is 2.37. The fourth-order valence-corrected chi connectivity index (χ4v) is 5.01. The van der Waals surface area contributed by atoms with Gasteiger partial charge in [-0.1, -0.05) is 61.5 Å². The molecule has 6 nitrogen and oxygen atoms in total. The zero-order chi connectivity index (χ0) is 25.7. The van der Waals surface area contributed by atoms with E-state index in [1.54, 1.807) is 9.80 Å². The van der Waals surface area contributed by atoms with Crippen molar-refractivity contribution in [3.8, 4) is 0 Å². The molecule has 0 unspecified atom stereocenters. The van der Waals surface area contributed by atoms with Gasteiger partial charge in [-0.05, 0) is 56.2 Å². The first kappa shape index (κ1) is 25.4. The molecule has 0 spiro atoms. The van der Waals surface area contributed by atoms with Crippen LogP contribution in [0.25, 0.3) is 10.8 Å². The molecule has 3 aromatic carbocycles. The highest BCUT2D eigenvalue weighted by molar-refractivity contribution is 6.25. The summed E-state index contributed by atoms with van der Waals surface area (Å²) < 4.78 is 0. The van der Waals surface area contributed by atoms with Crippen LogP contribution in [0, 0.1) is 0 Å². The summed E-state index contributed by atoms with van der Waals surface area (Å²) in [4.78, 5) is 43.0. The highest BCUT2D eigenvalue weighted by atomic mass is 16.2. The van der Waals surface area contributed by atoms with Crippen LogP contribution in [0.2, 0.25) is 0 Å². The number of carbonyl (C=O) groups is 3. The van der Waals surface area contributed by atoms with Crippen LogP contribution in [0.1, 0.15) is 56.0 Å². The van der Waals surface area contributed by atoms with Crippen molar-refractivity contribution in [3.05, 3.63) is 77.9 Å². The summed E-state index contributed by atoms with van der Waals surface area (Å²) in [5, 5.41) is 5.00. The average Bonchev–Trinajstić information content (AvgIpc) is 3.14. The molecule has 1 atom stereocenters. The summed E-state index contributed by atoms with van der Waals surface area (Å²) in [5.74, 6) is -0.192. The predicted molar refractivity (Wildman–Crippen MR) is 144 cm³/mol. The Morgan fingerprint density at radius 2 is 1.69 bits per heavy atom. The van der Waals surface area contributed by atoms with Crippen molar-refractivity contribution in [2.75, 3.05) is 18.0 Å². The van der Waals surface area contributed by atoms with E-state index in [-0.39, 0.29) is 30.2 Å². The SMILES string of the molecule is CC[C@@H](C(=O)NC(C)C)N(CCc1ccccc1)C(=O)CCCN1C(=O)c2cccc3cccc1c23. The van der Waals surface area contributed by atoms with Crippen LogP contribution in [0.5, 0.6) is 0 Å². The summed E-state index contributed by atoms with van der Waals surface area (Å²) in [7, 11) is 0. The third-order valence-electron chi connectivity index (χ3n) is 6.72. The van der Waals surface area contributed by atoms with Crippen LogP contribution in [-0.4, -0.2) is 47.8 Å². The number of nitrogens with one attached hydrogen (secondary N) is 1. The Labute approximate surface area is 213 Å². The van der Waals surface area contributed by atoms with E-state index < -0.39 is 6.04 Å². The van der Waals surface area contributed by atoms with E-state index in [9.17, 15) is 14.4 Å². The maximum atomic E-state index is 13.5. The third kappa shape index (κ3) is 5.43. The molecular weight excluding hydrogens is 450 g/mol. The van der Waals surface area contributed by atoms with Gasteiger partial charge in [-0.3, -0.25) is 14.4 Å². The van der Waals surface area contributed by atoms with Crippen LogP contribution < -0.4 is 10.2 Å². The average molecular weight is 486 g/mol. The second kappa shape index (κ2) is 11.4. The van der Waals surface area contributed by atoms with Crippen molar-refractivity contribution < 1.29 is 14.4 Å². The van der Waals surface area contributed by atoms with Crippen molar-refractivity contribution in [3.63, 3.8) is 0 Å². The van der Waals surface area contributed by atoms with Crippen LogP contribution in [0.15, 0.2) is 66.7 Å². The Hall–Kier alpha value is -3.67. The van der Waals surface area contributed by atoms with Gasteiger partial charge in [0.1, 0.15) is 6.04 Å². The monoisotopic (exact) mass is 485 g/mol. The fourth-order valence-electron chi connectivity index (χ4n) is 5.01. The van der Waals surface area contributed by atoms with Gasteiger partial charge < -0.3 is 15.1 Å². The summed E-state index contributed by atoms with van der Waals surface area (Å²) in [6.07, 6.45) is 2.02. The molecule has 0 saturated heterocycles. The lowest BCUT2D eigenvalue weighted by molar-refractivity contribution is -0.141. The summed E-state index contributed by atoms with van der Waals surface area (Å²) in [6, 6.07) is 21.2. The Morgan fingerprint density at radius 1 is 0.972 bits per heavy atom. The summed E-state index contributed by atoms with van der Waals surface area (Å²) in [5.41, 5.74) is 2.75. The third-order valence-corrected chi connectivity index (χ3v) is 6.72. The smallest absolute Gasteiger partial charge is 0.258 e. The van der Waals surface area contributed by atoms with Crippen LogP contribution in [0.4, 0.5) is 5.69 Å². The van der Waals surface area contributed by atoms with Gasteiger partial charge in [-0.2, -0.15) is 0 Å². The number of nitrogens with zero attached hydrogens (tertiary/aromatic N) is 2. The van der Waals surface area contributed by atoms with Crippen molar-refractivity contribution >= 4 is 34.2 Å². The molecule has 1 aliphatic rings. The van der Waals surface area contributed by atoms with Crippen molar-refractivity contribution in [1.82, 2.24) is 10.2 Å². The Kier molecular flexibility index (Phi) is 8.04. The zero-order valence-electron chi connectivity index (χ0n) is 21.4. The van der Waals surface area contributed by atoms with Gasteiger partial charge in [0.25, 0.3) is 5.91 Å². The molecule has 0 aromatic heterocycles. The molecule has 1 heterocycles. The second-order valence-corrected chi connectivity index (χ2v) is 9.65. The van der Waals surface area contributed by atoms with Gasteiger partial charge in [-0.25, -0.2) is 0 Å².